The van der Waals surface area contributed by atoms with Gasteiger partial charge in [-0.15, -0.1) is 0 Å². The number of benzene rings is 3. The van der Waals surface area contributed by atoms with Crippen molar-refractivity contribution < 1.29 is 33.2 Å². The second kappa shape index (κ2) is 16.1. The molecule has 0 N–H and O–H groups in total. The summed E-state index contributed by atoms with van der Waals surface area (Å²) in [5.74, 6) is -1.25. The maximum Gasteiger partial charge on any atom is 0.204 e. The molecular formula is C35H45BF4O3. The monoisotopic (exact) mass is 600 g/mol. The van der Waals surface area contributed by atoms with Crippen molar-refractivity contribution in [1.82, 2.24) is 0 Å². The van der Waals surface area contributed by atoms with E-state index < -0.39 is 11.6 Å². The van der Waals surface area contributed by atoms with Crippen molar-refractivity contribution in [3.63, 3.8) is 0 Å². The van der Waals surface area contributed by atoms with E-state index >= 15 is 0 Å². The van der Waals surface area contributed by atoms with Gasteiger partial charge in [-0.2, -0.15) is 8.78 Å². The third-order valence-electron chi connectivity index (χ3n) is 7.92. The topological polar surface area (TPSA) is 27.7 Å². The molecule has 0 spiro atoms. The Morgan fingerprint density at radius 1 is 0.814 bits per heavy atom. The van der Waals surface area contributed by atoms with Gasteiger partial charge in [0.15, 0.2) is 23.1 Å². The number of fused-ring (bicyclic) bond motifs is 4. The van der Waals surface area contributed by atoms with Crippen LogP contribution in [-0.4, -0.2) is 20.6 Å². The summed E-state index contributed by atoms with van der Waals surface area (Å²) < 4.78 is 70.8. The van der Waals surface area contributed by atoms with Gasteiger partial charge in [-0.25, -0.2) is 8.78 Å². The van der Waals surface area contributed by atoms with Crippen LogP contribution in [0, 0.1) is 43.0 Å². The van der Waals surface area contributed by atoms with E-state index in [2.05, 4.69) is 14.8 Å². The molecule has 8 heteroatoms. The van der Waals surface area contributed by atoms with Gasteiger partial charge in [-0.05, 0) is 69.2 Å². The van der Waals surface area contributed by atoms with Gasteiger partial charge in [0, 0.05) is 18.1 Å². The first-order valence-corrected chi connectivity index (χ1v) is 15.2. The number of hydrogen-bond donors (Lipinski definition) is 0. The van der Waals surface area contributed by atoms with E-state index in [1.54, 1.807) is 39.0 Å². The van der Waals surface area contributed by atoms with Crippen LogP contribution in [0.25, 0.3) is 11.1 Å². The molecular weight excluding hydrogens is 555 g/mol. The van der Waals surface area contributed by atoms with Crippen LogP contribution in [0.15, 0.2) is 30.3 Å². The molecule has 3 aromatic carbocycles. The van der Waals surface area contributed by atoms with Crippen LogP contribution in [0.5, 0.6) is 17.2 Å². The number of rotatable bonds is 2. The number of hydrogen-bond acceptors (Lipinski definition) is 3. The van der Waals surface area contributed by atoms with Crippen molar-refractivity contribution in [2.75, 3.05) is 6.61 Å². The molecule has 6 rings (SSSR count). The maximum atomic E-state index is 14.0. The van der Waals surface area contributed by atoms with Gasteiger partial charge in [-0.3, -0.25) is 0 Å². The van der Waals surface area contributed by atoms with E-state index in [4.69, 9.17) is 14.2 Å². The summed E-state index contributed by atoms with van der Waals surface area (Å²) in [6.07, 6.45) is 8.86. The Morgan fingerprint density at radius 3 is 2.05 bits per heavy atom. The predicted octanol–water partition coefficient (Wildman–Crippen LogP) is 10.3. The zero-order valence-electron chi connectivity index (χ0n) is 26.2. The van der Waals surface area contributed by atoms with Crippen molar-refractivity contribution in [3.8, 4) is 28.4 Å². The molecule has 0 bridgehead atoms. The van der Waals surface area contributed by atoms with E-state index in [9.17, 15) is 17.6 Å². The first-order valence-electron chi connectivity index (χ1n) is 15.2. The minimum Gasteiger partial charge on any atom is -0.491 e. The summed E-state index contributed by atoms with van der Waals surface area (Å²) in [6.45, 7) is 11.2. The van der Waals surface area contributed by atoms with Gasteiger partial charge in [0.25, 0.3) is 0 Å². The lowest BCUT2D eigenvalue weighted by atomic mass is 9.91. The predicted molar refractivity (Wildman–Crippen MR) is 168 cm³/mol. The first kappa shape index (κ1) is 34.3. The Bertz CT molecular complexity index is 1320. The quantitative estimate of drug-likeness (QED) is 0.216. The molecule has 1 saturated carbocycles. The minimum atomic E-state index is -0.963. The van der Waals surface area contributed by atoms with Crippen LogP contribution in [0.2, 0.25) is 6.82 Å². The molecule has 43 heavy (non-hydrogen) atoms. The van der Waals surface area contributed by atoms with Crippen molar-refractivity contribution in [3.05, 3.63) is 75.9 Å². The lowest BCUT2D eigenvalue weighted by Gasteiger charge is -2.24. The molecule has 3 nitrogen and oxygen atoms in total. The molecule has 0 saturated heterocycles. The highest BCUT2D eigenvalue weighted by atomic mass is 19.2. The third kappa shape index (κ3) is 8.27. The van der Waals surface area contributed by atoms with Gasteiger partial charge in [0.2, 0.25) is 11.6 Å². The zero-order chi connectivity index (χ0) is 31.7. The molecule has 0 amide bonds. The van der Waals surface area contributed by atoms with Crippen molar-refractivity contribution in [1.29, 1.82) is 0 Å². The van der Waals surface area contributed by atoms with Crippen LogP contribution in [0.4, 0.5) is 17.6 Å². The van der Waals surface area contributed by atoms with E-state index in [0.717, 1.165) is 17.9 Å². The zero-order valence-corrected chi connectivity index (χ0v) is 26.2. The molecule has 1 unspecified atom stereocenters. The van der Waals surface area contributed by atoms with Crippen LogP contribution in [0.1, 0.15) is 83.0 Å². The normalized spacial score (nSPS) is 16.6. The Morgan fingerprint density at radius 2 is 1.44 bits per heavy atom. The maximum absolute atomic E-state index is 14.0. The van der Waals surface area contributed by atoms with Crippen LogP contribution < -0.4 is 14.2 Å². The molecule has 0 aromatic heterocycles. The Labute approximate surface area is 256 Å². The summed E-state index contributed by atoms with van der Waals surface area (Å²) in [5, 5.41) is 0. The van der Waals surface area contributed by atoms with Gasteiger partial charge >= 0.3 is 0 Å². The molecule has 1 fully saturated rings. The van der Waals surface area contributed by atoms with Gasteiger partial charge in [-0.1, -0.05) is 70.1 Å². The van der Waals surface area contributed by atoms with Crippen molar-refractivity contribution >= 4 is 7.85 Å². The second-order valence-electron chi connectivity index (χ2n) is 11.2. The fraction of sp³-hybridized carbons (Fsp3) is 0.486. The highest BCUT2D eigenvalue weighted by Gasteiger charge is 2.26. The summed E-state index contributed by atoms with van der Waals surface area (Å²) >= 11 is 0. The van der Waals surface area contributed by atoms with Crippen molar-refractivity contribution in [2.45, 2.75) is 99.1 Å². The molecule has 1 aliphatic carbocycles. The summed E-state index contributed by atoms with van der Waals surface area (Å²) in [4.78, 5) is 0. The SMILES string of the molecule is CC1CCCCC1.CCOc1cc2c(c(F)c1F)OC(C)CC2.Cc1ccc2c(c1F)COc1c-2ccc(C)c1F.[B]C.[HH]. The highest BCUT2D eigenvalue weighted by molar-refractivity contribution is 6.05. The average Bonchev–Trinajstić information content (AvgIpc) is 3.02. The highest BCUT2D eigenvalue weighted by Crippen LogP contribution is 2.41. The van der Waals surface area contributed by atoms with Gasteiger partial charge in [0.05, 0.1) is 20.6 Å². The van der Waals surface area contributed by atoms with Gasteiger partial charge < -0.3 is 14.2 Å². The van der Waals surface area contributed by atoms with Gasteiger partial charge in [0.1, 0.15) is 12.4 Å². The number of ether oxygens (including phenoxy) is 3. The molecule has 2 radical (unpaired) electrons. The fourth-order valence-corrected chi connectivity index (χ4v) is 5.42. The van der Waals surface area contributed by atoms with Crippen LogP contribution >= 0.6 is 0 Å². The first-order chi connectivity index (χ1) is 20.6. The minimum absolute atomic E-state index is 0. The van der Waals surface area contributed by atoms with Crippen LogP contribution in [-0.2, 0) is 13.0 Å². The molecule has 2 aliphatic heterocycles. The summed E-state index contributed by atoms with van der Waals surface area (Å²) in [7, 11) is 4.50. The fourth-order valence-electron chi connectivity index (χ4n) is 5.42. The summed E-state index contributed by atoms with van der Waals surface area (Å²) in [5.41, 5.74) is 3.64. The van der Waals surface area contributed by atoms with E-state index in [1.807, 2.05) is 13.0 Å². The Balaban J connectivity index is 0.000000238. The summed E-state index contributed by atoms with van der Waals surface area (Å²) in [6, 6.07) is 8.53. The molecule has 2 heterocycles. The Kier molecular flexibility index (Phi) is 12.8. The average molecular weight is 601 g/mol. The van der Waals surface area contributed by atoms with E-state index in [0.29, 0.717) is 40.8 Å². The Hall–Kier alpha value is -3.16. The van der Waals surface area contributed by atoms with Crippen LogP contribution in [0.3, 0.4) is 0 Å². The largest absolute Gasteiger partial charge is 0.491 e. The number of halogens is 4. The van der Waals surface area contributed by atoms with E-state index in [1.165, 1.54) is 45.0 Å². The lowest BCUT2D eigenvalue weighted by molar-refractivity contribution is 0.178. The third-order valence-corrected chi connectivity index (χ3v) is 7.92. The van der Waals surface area contributed by atoms with E-state index in [-0.39, 0.29) is 43.0 Å². The molecule has 234 valence electrons. The molecule has 1 atom stereocenters. The molecule has 3 aromatic rings. The molecule has 3 aliphatic rings. The second-order valence-corrected chi connectivity index (χ2v) is 11.2. The standard InChI is InChI=1S/C15H12F2O.C12H14F2O2.C7H14.CH3B.H2/c1-8-3-5-10-11-6-4-9(2)14(17)15(11)18-7-12(10)13(8)16;1-3-15-9-6-8-5-4-7(2)16-12(8)11(14)10(9)13;1-7-5-3-2-4-6-7;1-2;/h3-6H,7H2,1-2H3;6-7H,3-5H2,1-2H3;7H,2-6H2,1H3;1H3;1H. The number of aryl methyl sites for hydroxylation is 3. The smallest absolute Gasteiger partial charge is 0.204 e. The van der Waals surface area contributed by atoms with Crippen molar-refractivity contribution in [2.24, 2.45) is 5.92 Å². The lowest BCUT2D eigenvalue weighted by Crippen LogP contribution is -2.20.